The molecule has 2 aromatic rings. The zero-order valence-electron chi connectivity index (χ0n) is 13.7. The van der Waals surface area contributed by atoms with Gasteiger partial charge in [-0.1, -0.05) is 19.1 Å². The molecular weight excluding hydrogens is 306 g/mol. The number of aromatic nitrogens is 1. The second kappa shape index (κ2) is 6.81. The molecule has 1 aliphatic heterocycles. The zero-order chi connectivity index (χ0) is 16.4. The summed E-state index contributed by atoms with van der Waals surface area (Å²) in [5.74, 6) is 0.546. The number of amides is 1. The summed E-state index contributed by atoms with van der Waals surface area (Å²) >= 11 is 1.61. The van der Waals surface area contributed by atoms with Crippen LogP contribution in [0.5, 0.6) is 0 Å². The van der Waals surface area contributed by atoms with E-state index in [4.69, 9.17) is 5.73 Å². The minimum absolute atomic E-state index is 0.0853. The smallest absolute Gasteiger partial charge is 0.254 e. The molecule has 0 aliphatic carbocycles. The highest BCUT2D eigenvalue weighted by Crippen LogP contribution is 2.27. The van der Waals surface area contributed by atoms with Crippen molar-refractivity contribution >= 4 is 17.2 Å². The number of piperidine rings is 1. The van der Waals surface area contributed by atoms with E-state index in [1.54, 1.807) is 11.3 Å². The fourth-order valence-electron chi connectivity index (χ4n) is 3.30. The van der Waals surface area contributed by atoms with Crippen molar-refractivity contribution in [2.24, 2.45) is 11.7 Å². The van der Waals surface area contributed by atoms with Crippen LogP contribution in [-0.2, 0) is 0 Å². The lowest BCUT2D eigenvalue weighted by Gasteiger charge is -2.39. The Balaban J connectivity index is 1.87. The van der Waals surface area contributed by atoms with E-state index < -0.39 is 0 Å². The first-order valence-electron chi connectivity index (χ1n) is 8.13. The van der Waals surface area contributed by atoms with E-state index in [2.05, 4.69) is 11.9 Å². The summed E-state index contributed by atoms with van der Waals surface area (Å²) in [5, 5.41) is 2.99. The maximum Gasteiger partial charge on any atom is 0.254 e. The largest absolute Gasteiger partial charge is 0.334 e. The van der Waals surface area contributed by atoms with E-state index in [0.717, 1.165) is 41.2 Å². The van der Waals surface area contributed by atoms with Crippen LogP contribution in [0.25, 0.3) is 10.6 Å². The third-order valence-corrected chi connectivity index (χ3v) is 5.60. The van der Waals surface area contributed by atoms with Gasteiger partial charge in [0.15, 0.2) is 0 Å². The Hall–Kier alpha value is -1.72. The highest BCUT2D eigenvalue weighted by Gasteiger charge is 2.31. The molecule has 2 heterocycles. The van der Waals surface area contributed by atoms with Gasteiger partial charge >= 0.3 is 0 Å². The van der Waals surface area contributed by atoms with Crippen molar-refractivity contribution in [2.75, 3.05) is 13.1 Å². The third-order valence-electron chi connectivity index (χ3n) is 4.59. The highest BCUT2D eigenvalue weighted by molar-refractivity contribution is 7.13. The number of hydrogen-bond donors (Lipinski definition) is 1. The summed E-state index contributed by atoms with van der Waals surface area (Å²) in [6.45, 7) is 5.49. The number of thiazole rings is 1. The van der Waals surface area contributed by atoms with Crippen molar-refractivity contribution in [2.45, 2.75) is 32.7 Å². The van der Waals surface area contributed by atoms with Gasteiger partial charge in [0.05, 0.1) is 0 Å². The van der Waals surface area contributed by atoms with Gasteiger partial charge in [0.25, 0.3) is 5.91 Å². The van der Waals surface area contributed by atoms with Crippen LogP contribution in [-0.4, -0.2) is 34.9 Å². The third kappa shape index (κ3) is 3.31. The molecule has 1 fully saturated rings. The molecule has 0 bridgehead atoms. The number of hydrogen-bond acceptors (Lipinski definition) is 4. The average molecular weight is 329 g/mol. The van der Waals surface area contributed by atoms with Crippen LogP contribution in [0.1, 0.15) is 35.8 Å². The van der Waals surface area contributed by atoms with Gasteiger partial charge in [0.2, 0.25) is 0 Å². The fourth-order valence-corrected chi connectivity index (χ4v) is 4.09. The van der Waals surface area contributed by atoms with Crippen LogP contribution in [0.2, 0.25) is 0 Å². The molecule has 2 N–H and O–H groups in total. The monoisotopic (exact) mass is 329 g/mol. The summed E-state index contributed by atoms with van der Waals surface area (Å²) < 4.78 is 0. The topological polar surface area (TPSA) is 59.2 Å². The first-order valence-corrected chi connectivity index (χ1v) is 9.01. The van der Waals surface area contributed by atoms with Crippen molar-refractivity contribution in [3.8, 4) is 10.6 Å². The van der Waals surface area contributed by atoms with E-state index in [-0.39, 0.29) is 11.9 Å². The van der Waals surface area contributed by atoms with Gasteiger partial charge in [-0.25, -0.2) is 4.98 Å². The minimum atomic E-state index is 0.0853. The van der Waals surface area contributed by atoms with Crippen LogP contribution in [0.15, 0.2) is 29.6 Å². The minimum Gasteiger partial charge on any atom is -0.334 e. The Morgan fingerprint density at radius 2 is 2.30 bits per heavy atom. The highest BCUT2D eigenvalue weighted by atomic mass is 32.1. The van der Waals surface area contributed by atoms with Gasteiger partial charge in [0, 0.05) is 41.3 Å². The molecule has 3 rings (SSSR count). The molecular formula is C18H23N3OS. The Kier molecular flexibility index (Phi) is 4.78. The normalized spacial score (nSPS) is 21.4. The molecule has 1 aromatic heterocycles. The van der Waals surface area contributed by atoms with Crippen LogP contribution in [0, 0.1) is 12.8 Å². The second-order valence-electron chi connectivity index (χ2n) is 6.30. The lowest BCUT2D eigenvalue weighted by Crippen LogP contribution is -2.51. The first-order chi connectivity index (χ1) is 11.1. The molecule has 1 amide bonds. The maximum atomic E-state index is 13.0. The Labute approximate surface area is 141 Å². The molecule has 0 radical (unpaired) electrons. The van der Waals surface area contributed by atoms with Gasteiger partial charge in [-0.3, -0.25) is 4.79 Å². The molecule has 5 heteroatoms. The van der Waals surface area contributed by atoms with Crippen molar-refractivity contribution < 1.29 is 4.79 Å². The van der Waals surface area contributed by atoms with Crippen molar-refractivity contribution in [3.63, 3.8) is 0 Å². The lowest BCUT2D eigenvalue weighted by atomic mass is 9.90. The Morgan fingerprint density at radius 3 is 3.00 bits per heavy atom. The molecule has 23 heavy (non-hydrogen) atoms. The van der Waals surface area contributed by atoms with E-state index in [1.165, 1.54) is 0 Å². The van der Waals surface area contributed by atoms with Crippen LogP contribution >= 0.6 is 11.3 Å². The molecule has 2 atom stereocenters. The van der Waals surface area contributed by atoms with E-state index in [0.29, 0.717) is 12.5 Å². The molecule has 2 unspecified atom stereocenters. The standard InChI is InChI=1S/C18H23N3OS/c1-12-5-4-8-21(16(12)10-19)18(22)15-7-3-6-14(9-15)17-20-13(2)11-23-17/h3,6-7,9,11-12,16H,4-5,8,10,19H2,1-2H3. The number of carbonyl (C=O) groups is 1. The number of likely N-dealkylation sites (tertiary alicyclic amines) is 1. The summed E-state index contributed by atoms with van der Waals surface area (Å²) in [4.78, 5) is 19.4. The summed E-state index contributed by atoms with van der Waals surface area (Å²) in [6, 6.07) is 7.92. The predicted octanol–water partition coefficient (Wildman–Crippen LogP) is 3.32. The quantitative estimate of drug-likeness (QED) is 0.940. The van der Waals surface area contributed by atoms with Gasteiger partial charge in [0.1, 0.15) is 5.01 Å². The molecule has 0 saturated carbocycles. The Bertz CT molecular complexity index is 697. The number of rotatable bonds is 3. The summed E-state index contributed by atoms with van der Waals surface area (Å²) in [7, 11) is 0. The second-order valence-corrected chi connectivity index (χ2v) is 7.15. The van der Waals surface area contributed by atoms with Crippen molar-refractivity contribution in [3.05, 3.63) is 40.9 Å². The van der Waals surface area contributed by atoms with Crippen LogP contribution < -0.4 is 5.73 Å². The lowest BCUT2D eigenvalue weighted by molar-refractivity contribution is 0.0532. The Morgan fingerprint density at radius 1 is 1.48 bits per heavy atom. The molecule has 122 valence electrons. The van der Waals surface area contributed by atoms with Crippen LogP contribution in [0.3, 0.4) is 0 Å². The van der Waals surface area contributed by atoms with Crippen molar-refractivity contribution in [1.82, 2.24) is 9.88 Å². The fraction of sp³-hybridized carbons (Fsp3) is 0.444. The van der Waals surface area contributed by atoms with E-state index in [1.807, 2.05) is 41.5 Å². The molecule has 1 aliphatic rings. The molecule has 1 saturated heterocycles. The number of carbonyl (C=O) groups excluding carboxylic acids is 1. The predicted molar refractivity (Wildman–Crippen MR) is 94.6 cm³/mol. The average Bonchev–Trinajstić information content (AvgIpc) is 3.00. The van der Waals surface area contributed by atoms with Gasteiger partial charge in [-0.15, -0.1) is 11.3 Å². The number of benzene rings is 1. The van der Waals surface area contributed by atoms with Gasteiger partial charge in [-0.05, 0) is 37.8 Å². The van der Waals surface area contributed by atoms with Crippen LogP contribution in [0.4, 0.5) is 0 Å². The van der Waals surface area contributed by atoms with E-state index >= 15 is 0 Å². The number of nitrogens with zero attached hydrogens (tertiary/aromatic N) is 2. The van der Waals surface area contributed by atoms with E-state index in [9.17, 15) is 4.79 Å². The maximum absolute atomic E-state index is 13.0. The summed E-state index contributed by atoms with van der Waals surface area (Å²) in [5.41, 5.74) is 8.66. The number of nitrogens with two attached hydrogens (primary N) is 1. The molecule has 0 spiro atoms. The molecule has 4 nitrogen and oxygen atoms in total. The number of aryl methyl sites for hydroxylation is 1. The van der Waals surface area contributed by atoms with Gasteiger partial charge < -0.3 is 10.6 Å². The van der Waals surface area contributed by atoms with Gasteiger partial charge in [-0.2, -0.15) is 0 Å². The van der Waals surface area contributed by atoms with Crippen molar-refractivity contribution in [1.29, 1.82) is 0 Å². The summed E-state index contributed by atoms with van der Waals surface area (Å²) in [6.07, 6.45) is 2.19. The SMILES string of the molecule is Cc1csc(-c2cccc(C(=O)N3CCCC(C)C3CN)c2)n1. The first kappa shape index (κ1) is 16.1. The zero-order valence-corrected chi connectivity index (χ0v) is 14.5. The molecule has 1 aromatic carbocycles.